The summed E-state index contributed by atoms with van der Waals surface area (Å²) in [6.45, 7) is 6.71. The summed E-state index contributed by atoms with van der Waals surface area (Å²) < 4.78 is 0. The van der Waals surface area contributed by atoms with Gasteiger partial charge in [0.25, 0.3) is 0 Å². The van der Waals surface area contributed by atoms with Crippen molar-refractivity contribution in [2.24, 2.45) is 10.4 Å². The van der Waals surface area contributed by atoms with Crippen molar-refractivity contribution in [2.45, 2.75) is 26.7 Å². The zero-order chi connectivity index (χ0) is 9.47. The van der Waals surface area contributed by atoms with E-state index in [1.54, 1.807) is 0 Å². The summed E-state index contributed by atoms with van der Waals surface area (Å²) in [7, 11) is 0. The Bertz CT molecular complexity index is 347. The van der Waals surface area contributed by atoms with Crippen LogP contribution in [0.15, 0.2) is 23.5 Å². The molecule has 0 saturated carbocycles. The van der Waals surface area contributed by atoms with Gasteiger partial charge in [-0.3, -0.25) is 9.98 Å². The Morgan fingerprint density at radius 2 is 2.08 bits per heavy atom. The highest BCUT2D eigenvalue weighted by Crippen LogP contribution is 2.41. The molecule has 0 spiro atoms. The second-order valence-corrected chi connectivity index (χ2v) is 4.56. The predicted octanol–water partition coefficient (Wildman–Crippen LogP) is 2.93. The summed E-state index contributed by atoms with van der Waals surface area (Å²) in [6, 6.07) is 2.07. The molecule has 0 bridgehead atoms. The SMILES string of the molecule is CC(C)(C)C1C=Nc2cnccc21. The summed E-state index contributed by atoms with van der Waals surface area (Å²) in [6.07, 6.45) is 5.70. The summed E-state index contributed by atoms with van der Waals surface area (Å²) in [5.41, 5.74) is 2.58. The van der Waals surface area contributed by atoms with Crippen LogP contribution in [0, 0.1) is 5.41 Å². The third kappa shape index (κ3) is 1.37. The van der Waals surface area contributed by atoms with Crippen LogP contribution in [-0.2, 0) is 0 Å². The Morgan fingerprint density at radius 1 is 1.31 bits per heavy atom. The van der Waals surface area contributed by atoms with Gasteiger partial charge in [0.05, 0.1) is 11.9 Å². The topological polar surface area (TPSA) is 25.2 Å². The largest absolute Gasteiger partial charge is 0.262 e. The monoisotopic (exact) mass is 174 g/mol. The van der Waals surface area contributed by atoms with E-state index in [-0.39, 0.29) is 5.41 Å². The fraction of sp³-hybridized carbons (Fsp3) is 0.455. The zero-order valence-electron chi connectivity index (χ0n) is 8.28. The molecule has 1 unspecified atom stereocenters. The van der Waals surface area contributed by atoms with Crippen LogP contribution in [-0.4, -0.2) is 11.2 Å². The van der Waals surface area contributed by atoms with Gasteiger partial charge in [-0.15, -0.1) is 0 Å². The van der Waals surface area contributed by atoms with E-state index >= 15 is 0 Å². The standard InChI is InChI=1S/C11H14N2/c1-11(2,3)9-6-13-10-7-12-5-4-8(9)10/h4-7,9H,1-3H3. The van der Waals surface area contributed by atoms with Crippen molar-refractivity contribution >= 4 is 11.9 Å². The van der Waals surface area contributed by atoms with Crippen molar-refractivity contribution in [1.82, 2.24) is 4.98 Å². The van der Waals surface area contributed by atoms with Gasteiger partial charge in [0.1, 0.15) is 0 Å². The number of hydrogen-bond acceptors (Lipinski definition) is 2. The zero-order valence-corrected chi connectivity index (χ0v) is 8.28. The molecule has 1 aromatic rings. The molecule has 0 amide bonds. The van der Waals surface area contributed by atoms with Crippen molar-refractivity contribution in [3.63, 3.8) is 0 Å². The minimum Gasteiger partial charge on any atom is -0.262 e. The molecular formula is C11H14N2. The molecule has 0 saturated heterocycles. The fourth-order valence-corrected chi connectivity index (χ4v) is 1.69. The highest BCUT2D eigenvalue weighted by Gasteiger charge is 2.29. The van der Waals surface area contributed by atoms with Crippen LogP contribution < -0.4 is 0 Å². The maximum atomic E-state index is 4.36. The fourth-order valence-electron chi connectivity index (χ4n) is 1.69. The van der Waals surface area contributed by atoms with Gasteiger partial charge in [0.15, 0.2) is 0 Å². The average molecular weight is 174 g/mol. The van der Waals surface area contributed by atoms with Gasteiger partial charge in [0.2, 0.25) is 0 Å². The van der Waals surface area contributed by atoms with Crippen LogP contribution in [0.5, 0.6) is 0 Å². The van der Waals surface area contributed by atoms with Gasteiger partial charge >= 0.3 is 0 Å². The normalized spacial score (nSPS) is 20.4. The van der Waals surface area contributed by atoms with Crippen LogP contribution in [0.3, 0.4) is 0 Å². The second-order valence-electron chi connectivity index (χ2n) is 4.56. The maximum absolute atomic E-state index is 4.36. The summed E-state index contributed by atoms with van der Waals surface area (Å²) in [4.78, 5) is 8.42. The van der Waals surface area contributed by atoms with Crippen LogP contribution in [0.25, 0.3) is 0 Å². The number of aromatic nitrogens is 1. The minimum atomic E-state index is 0.246. The molecule has 1 aliphatic rings. The van der Waals surface area contributed by atoms with Crippen LogP contribution in [0.4, 0.5) is 5.69 Å². The first-order valence-corrected chi connectivity index (χ1v) is 4.57. The first-order chi connectivity index (χ1) is 6.09. The van der Waals surface area contributed by atoms with Crippen LogP contribution >= 0.6 is 0 Å². The lowest BCUT2D eigenvalue weighted by atomic mass is 9.78. The summed E-state index contributed by atoms with van der Waals surface area (Å²) in [5.74, 6) is 0.436. The molecule has 0 radical (unpaired) electrons. The molecule has 2 rings (SSSR count). The molecular weight excluding hydrogens is 160 g/mol. The molecule has 2 nitrogen and oxygen atoms in total. The summed E-state index contributed by atoms with van der Waals surface area (Å²) in [5, 5.41) is 0. The van der Waals surface area contributed by atoms with Gasteiger partial charge in [0, 0.05) is 18.3 Å². The molecule has 2 heterocycles. The van der Waals surface area contributed by atoms with E-state index in [0.29, 0.717) is 5.92 Å². The highest BCUT2D eigenvalue weighted by atomic mass is 14.8. The molecule has 1 atom stereocenters. The van der Waals surface area contributed by atoms with Crippen LogP contribution in [0.1, 0.15) is 32.3 Å². The van der Waals surface area contributed by atoms with E-state index in [9.17, 15) is 0 Å². The third-order valence-electron chi connectivity index (χ3n) is 2.46. The number of rotatable bonds is 0. The Kier molecular flexibility index (Phi) is 1.72. The van der Waals surface area contributed by atoms with Crippen LogP contribution in [0.2, 0.25) is 0 Å². The molecule has 1 aromatic heterocycles. The summed E-state index contributed by atoms with van der Waals surface area (Å²) >= 11 is 0. The third-order valence-corrected chi connectivity index (χ3v) is 2.46. The molecule has 13 heavy (non-hydrogen) atoms. The van der Waals surface area contributed by atoms with Crippen molar-refractivity contribution in [2.75, 3.05) is 0 Å². The van der Waals surface area contributed by atoms with Gasteiger partial charge in [-0.2, -0.15) is 0 Å². The number of fused-ring (bicyclic) bond motifs is 1. The lowest BCUT2D eigenvalue weighted by molar-refractivity contribution is 0.390. The van der Waals surface area contributed by atoms with Gasteiger partial charge in [-0.25, -0.2) is 0 Å². The predicted molar refractivity (Wildman–Crippen MR) is 54.6 cm³/mol. The Morgan fingerprint density at radius 3 is 2.77 bits per heavy atom. The maximum Gasteiger partial charge on any atom is 0.0847 e. The van der Waals surface area contributed by atoms with E-state index in [2.05, 4.69) is 36.8 Å². The first kappa shape index (κ1) is 8.42. The quantitative estimate of drug-likeness (QED) is 0.593. The van der Waals surface area contributed by atoms with E-state index in [4.69, 9.17) is 0 Å². The van der Waals surface area contributed by atoms with Gasteiger partial charge in [-0.1, -0.05) is 20.8 Å². The molecule has 2 heteroatoms. The Hall–Kier alpha value is -1.18. The molecule has 68 valence electrons. The van der Waals surface area contributed by atoms with Gasteiger partial charge in [-0.05, 0) is 17.0 Å². The molecule has 0 aromatic carbocycles. The molecule has 0 aliphatic carbocycles. The number of hydrogen-bond donors (Lipinski definition) is 0. The Labute approximate surface area is 78.7 Å². The lowest BCUT2D eigenvalue weighted by Crippen LogP contribution is -2.17. The van der Waals surface area contributed by atoms with Crippen molar-refractivity contribution in [1.29, 1.82) is 0 Å². The number of nitrogens with zero attached hydrogens (tertiary/aromatic N) is 2. The van der Waals surface area contributed by atoms with E-state index in [1.165, 1.54) is 5.56 Å². The van der Waals surface area contributed by atoms with E-state index in [0.717, 1.165) is 5.69 Å². The van der Waals surface area contributed by atoms with Gasteiger partial charge < -0.3 is 0 Å². The highest BCUT2D eigenvalue weighted by molar-refractivity contribution is 5.80. The van der Waals surface area contributed by atoms with E-state index in [1.807, 2.05) is 18.6 Å². The lowest BCUT2D eigenvalue weighted by Gasteiger charge is -2.25. The van der Waals surface area contributed by atoms with E-state index < -0.39 is 0 Å². The number of pyridine rings is 1. The Balaban J connectivity index is 2.45. The minimum absolute atomic E-state index is 0.246. The van der Waals surface area contributed by atoms with Crippen molar-refractivity contribution < 1.29 is 0 Å². The first-order valence-electron chi connectivity index (χ1n) is 4.57. The molecule has 0 fully saturated rings. The second kappa shape index (κ2) is 2.66. The van der Waals surface area contributed by atoms with Crippen molar-refractivity contribution in [3.05, 3.63) is 24.0 Å². The smallest absolute Gasteiger partial charge is 0.0847 e. The average Bonchev–Trinajstić information content (AvgIpc) is 2.45. The molecule has 0 N–H and O–H groups in total. The van der Waals surface area contributed by atoms with Crippen molar-refractivity contribution in [3.8, 4) is 0 Å². The number of aliphatic imine (C=N–C) groups is 1. The molecule has 1 aliphatic heterocycles.